The molecule has 45 heavy (non-hydrogen) atoms. The van der Waals surface area contributed by atoms with Gasteiger partial charge in [0.25, 0.3) is 5.91 Å². The molecule has 0 spiro atoms. The van der Waals surface area contributed by atoms with Crippen LogP contribution in [0.5, 0.6) is 5.75 Å². The Labute approximate surface area is 269 Å². The minimum absolute atomic E-state index is 0.0160. The van der Waals surface area contributed by atoms with Crippen molar-refractivity contribution in [3.63, 3.8) is 0 Å². The maximum Gasteiger partial charge on any atom is 0.305 e. The summed E-state index contributed by atoms with van der Waals surface area (Å²) in [5.74, 6) is -1.68. The number of halogens is 2. The van der Waals surface area contributed by atoms with E-state index in [1.54, 1.807) is 36.0 Å². The molecule has 2 N–H and O–H groups in total. The fourth-order valence-corrected chi connectivity index (χ4v) is 10.9. The lowest BCUT2D eigenvalue weighted by Gasteiger charge is -2.43. The molecular weight excluding hydrogens is 637 g/mol. The Morgan fingerprint density at radius 1 is 0.956 bits per heavy atom. The van der Waals surface area contributed by atoms with Crippen LogP contribution in [0.25, 0.3) is 0 Å². The molecule has 2 aliphatic carbocycles. The van der Waals surface area contributed by atoms with Crippen molar-refractivity contribution in [2.45, 2.75) is 22.6 Å². The Kier molecular flexibility index (Phi) is 6.88. The van der Waals surface area contributed by atoms with Crippen molar-refractivity contribution in [1.29, 1.82) is 0 Å². The zero-order chi connectivity index (χ0) is 31.0. The summed E-state index contributed by atoms with van der Waals surface area (Å²) in [6, 6.07) is 19.8. The van der Waals surface area contributed by atoms with Gasteiger partial charge in [-0.3, -0.25) is 24.1 Å². The molecule has 4 unspecified atom stereocenters. The SMILES string of the molecule is O=C(COc1ccc([C@H]2c3sc(=O)[nH]c3SC3C2[C@H]2C[C@@H]3C3C(=O)N(c4ccc(F)cc4)C(=O)C32)cc1)Nc1ccc(Cl)cc1. The van der Waals surface area contributed by atoms with Crippen molar-refractivity contribution < 1.29 is 23.5 Å². The summed E-state index contributed by atoms with van der Waals surface area (Å²) in [4.78, 5) is 57.6. The number of nitrogens with zero attached hydrogens (tertiary/aromatic N) is 1. The van der Waals surface area contributed by atoms with Gasteiger partial charge in [0.05, 0.1) is 22.5 Å². The average Bonchev–Trinajstić information content (AvgIpc) is 3.77. The Bertz CT molecular complexity index is 1900. The van der Waals surface area contributed by atoms with Gasteiger partial charge in [-0.05, 0) is 90.4 Å². The molecule has 4 aliphatic rings. The van der Waals surface area contributed by atoms with Gasteiger partial charge in [-0.15, -0.1) is 11.8 Å². The number of carbonyl (C=O) groups is 3. The predicted octanol–water partition coefficient (Wildman–Crippen LogP) is 5.92. The number of amides is 3. The monoisotopic (exact) mass is 661 g/mol. The van der Waals surface area contributed by atoms with Gasteiger partial charge in [-0.1, -0.05) is 35.1 Å². The number of imide groups is 1. The fourth-order valence-electron chi connectivity index (χ4n) is 7.89. The number of anilines is 2. The van der Waals surface area contributed by atoms with Crippen LogP contribution in [0.3, 0.4) is 0 Å². The third-order valence-electron chi connectivity index (χ3n) is 9.55. The van der Waals surface area contributed by atoms with E-state index in [0.29, 0.717) is 22.1 Å². The zero-order valence-corrected chi connectivity index (χ0v) is 25.8. The molecule has 2 bridgehead atoms. The number of H-pyrrole nitrogens is 1. The molecule has 1 saturated heterocycles. The molecule has 8 nitrogen and oxygen atoms in total. The highest BCUT2D eigenvalue weighted by molar-refractivity contribution is 8.00. The Morgan fingerprint density at radius 2 is 1.64 bits per heavy atom. The first-order valence-corrected chi connectivity index (χ1v) is 16.7. The molecule has 3 heterocycles. The Hall–Kier alpha value is -3.93. The lowest BCUT2D eigenvalue weighted by molar-refractivity contribution is -0.123. The largest absolute Gasteiger partial charge is 0.484 e. The number of carbonyl (C=O) groups excluding carboxylic acids is 3. The first kappa shape index (κ1) is 28.5. The second-order valence-corrected chi connectivity index (χ2v) is 14.5. The van der Waals surface area contributed by atoms with Crippen molar-refractivity contribution in [2.24, 2.45) is 29.6 Å². The summed E-state index contributed by atoms with van der Waals surface area (Å²) in [5.41, 5.74) is 2.00. The van der Waals surface area contributed by atoms with Gasteiger partial charge < -0.3 is 15.0 Å². The van der Waals surface area contributed by atoms with E-state index >= 15 is 0 Å². The second kappa shape index (κ2) is 10.9. The molecule has 7 atom stereocenters. The zero-order valence-electron chi connectivity index (χ0n) is 23.4. The van der Waals surface area contributed by atoms with Crippen LogP contribution in [-0.2, 0) is 14.4 Å². The van der Waals surface area contributed by atoms with Crippen LogP contribution in [0.15, 0.2) is 82.6 Å². The van der Waals surface area contributed by atoms with E-state index in [1.165, 1.54) is 40.5 Å². The first-order chi connectivity index (χ1) is 21.8. The van der Waals surface area contributed by atoms with E-state index in [-0.39, 0.29) is 58.1 Å². The lowest BCUT2D eigenvalue weighted by atomic mass is 9.68. The molecule has 3 aromatic carbocycles. The number of hydrogen-bond acceptors (Lipinski definition) is 7. The van der Waals surface area contributed by atoms with Crippen molar-refractivity contribution in [3.8, 4) is 5.75 Å². The summed E-state index contributed by atoms with van der Waals surface area (Å²) in [6.07, 6.45) is 0.770. The normalized spacial score (nSPS) is 27.7. The third kappa shape index (κ3) is 4.71. The predicted molar refractivity (Wildman–Crippen MR) is 169 cm³/mol. The highest BCUT2D eigenvalue weighted by Gasteiger charge is 2.69. The number of thioether (sulfide) groups is 1. The van der Waals surface area contributed by atoms with Crippen molar-refractivity contribution in [1.82, 2.24) is 4.98 Å². The number of ether oxygens (including phenoxy) is 1. The van der Waals surface area contributed by atoms with E-state index in [4.69, 9.17) is 16.3 Å². The van der Waals surface area contributed by atoms with Gasteiger partial charge in [-0.2, -0.15) is 0 Å². The van der Waals surface area contributed by atoms with Gasteiger partial charge in [0.1, 0.15) is 11.6 Å². The van der Waals surface area contributed by atoms with E-state index < -0.39 is 17.7 Å². The summed E-state index contributed by atoms with van der Waals surface area (Å²) in [5, 5.41) is 4.22. The molecule has 8 rings (SSSR count). The highest BCUT2D eigenvalue weighted by Crippen LogP contribution is 2.68. The van der Waals surface area contributed by atoms with Crippen LogP contribution in [0.2, 0.25) is 5.02 Å². The van der Waals surface area contributed by atoms with E-state index in [2.05, 4.69) is 10.3 Å². The maximum atomic E-state index is 13.8. The number of benzene rings is 3. The van der Waals surface area contributed by atoms with Crippen molar-refractivity contribution in [2.75, 3.05) is 16.8 Å². The first-order valence-electron chi connectivity index (χ1n) is 14.6. The molecule has 2 aliphatic heterocycles. The van der Waals surface area contributed by atoms with Crippen molar-refractivity contribution in [3.05, 3.63) is 104 Å². The molecule has 2 saturated carbocycles. The van der Waals surface area contributed by atoms with Crippen LogP contribution in [0, 0.1) is 35.4 Å². The molecule has 3 amide bonds. The number of aromatic amines is 1. The molecular formula is C33H25ClFN3O5S2. The molecule has 3 fully saturated rings. The molecule has 12 heteroatoms. The second-order valence-electron chi connectivity index (χ2n) is 11.9. The molecule has 1 aromatic heterocycles. The van der Waals surface area contributed by atoms with Crippen molar-refractivity contribution >= 4 is 63.8 Å². The summed E-state index contributed by atoms with van der Waals surface area (Å²) in [6.45, 7) is -0.177. The number of thiazole rings is 1. The fraction of sp³-hybridized carbons (Fsp3) is 0.273. The summed E-state index contributed by atoms with van der Waals surface area (Å²) < 4.78 is 19.4. The van der Waals surface area contributed by atoms with E-state index in [0.717, 1.165) is 21.9 Å². The molecule has 4 aromatic rings. The molecule has 228 valence electrons. The number of fused-ring (bicyclic) bond motifs is 9. The summed E-state index contributed by atoms with van der Waals surface area (Å²) in [7, 11) is 0. The summed E-state index contributed by atoms with van der Waals surface area (Å²) >= 11 is 8.73. The van der Waals surface area contributed by atoms with Gasteiger partial charge in [0, 0.05) is 26.8 Å². The van der Waals surface area contributed by atoms with Gasteiger partial charge in [-0.25, -0.2) is 4.39 Å². The van der Waals surface area contributed by atoms with Crippen LogP contribution in [0.1, 0.15) is 22.8 Å². The van der Waals surface area contributed by atoms with Crippen LogP contribution >= 0.6 is 34.7 Å². The third-order valence-corrected chi connectivity index (χ3v) is 12.4. The highest BCUT2D eigenvalue weighted by atomic mass is 35.5. The number of nitrogens with one attached hydrogen (secondary N) is 2. The number of aromatic nitrogens is 1. The molecule has 0 radical (unpaired) electrons. The van der Waals surface area contributed by atoms with Crippen LogP contribution in [0.4, 0.5) is 15.8 Å². The standard InChI is InChI=1S/C33H25ClFN3O5S2/c34-16-3-7-18(8-4-16)36-23(39)14-43-20-11-1-15(2-12-20)24-25-21-13-22(28(25)44-30-29(24)45-33(42)37-30)27-26(21)31(40)38(32(27)41)19-9-5-17(35)6-10-19/h1-12,21-22,24-28H,13-14H2,(H,36,39)(H,37,42)/t21-,22-,24-,25?,26?,27?,28?/m1/s1. The topological polar surface area (TPSA) is 109 Å². The Morgan fingerprint density at radius 3 is 2.36 bits per heavy atom. The van der Waals surface area contributed by atoms with E-state index in [1.807, 2.05) is 24.3 Å². The maximum absolute atomic E-state index is 13.8. The van der Waals surface area contributed by atoms with Crippen LogP contribution in [-0.4, -0.2) is 34.6 Å². The number of hydrogen-bond donors (Lipinski definition) is 2. The quantitative estimate of drug-likeness (QED) is 0.248. The van der Waals surface area contributed by atoms with Gasteiger partial charge in [0.15, 0.2) is 6.61 Å². The van der Waals surface area contributed by atoms with Gasteiger partial charge in [0.2, 0.25) is 11.8 Å². The van der Waals surface area contributed by atoms with E-state index in [9.17, 15) is 23.6 Å². The Balaban J connectivity index is 1.05. The van der Waals surface area contributed by atoms with Crippen LogP contribution < -0.4 is 19.8 Å². The lowest BCUT2D eigenvalue weighted by Crippen LogP contribution is -2.42. The van der Waals surface area contributed by atoms with Gasteiger partial charge >= 0.3 is 4.87 Å². The smallest absolute Gasteiger partial charge is 0.305 e. The number of rotatable bonds is 6. The minimum atomic E-state index is -0.448. The average molecular weight is 662 g/mol. The minimum Gasteiger partial charge on any atom is -0.484 e.